The summed E-state index contributed by atoms with van der Waals surface area (Å²) in [7, 11) is 0. The van der Waals surface area contributed by atoms with E-state index in [-0.39, 0.29) is 11.8 Å². The van der Waals surface area contributed by atoms with E-state index in [2.05, 4.69) is 40.3 Å². The van der Waals surface area contributed by atoms with Crippen LogP contribution in [0.25, 0.3) is 10.2 Å². The van der Waals surface area contributed by atoms with Gasteiger partial charge in [0.15, 0.2) is 5.13 Å². The van der Waals surface area contributed by atoms with E-state index in [1.165, 1.54) is 10.3 Å². The van der Waals surface area contributed by atoms with Crippen LogP contribution in [0.5, 0.6) is 0 Å². The number of benzene rings is 2. The Hall–Kier alpha value is -2.11. The van der Waals surface area contributed by atoms with Crippen molar-refractivity contribution in [3.05, 3.63) is 52.5 Å². The Morgan fingerprint density at radius 3 is 2.84 bits per heavy atom. The molecule has 1 fully saturated rings. The van der Waals surface area contributed by atoms with Crippen molar-refractivity contribution in [2.24, 2.45) is 5.92 Å². The van der Waals surface area contributed by atoms with Gasteiger partial charge < -0.3 is 10.2 Å². The molecule has 4 nitrogen and oxygen atoms in total. The minimum Gasteiger partial charge on any atom is -0.346 e. The van der Waals surface area contributed by atoms with Gasteiger partial charge in [-0.25, -0.2) is 4.98 Å². The van der Waals surface area contributed by atoms with E-state index in [1.54, 1.807) is 17.4 Å². The van der Waals surface area contributed by atoms with Crippen molar-refractivity contribution >= 4 is 49.9 Å². The maximum atomic E-state index is 12.5. The normalized spacial score (nSPS) is 14.6. The van der Waals surface area contributed by atoms with Crippen LogP contribution in [-0.2, 0) is 4.79 Å². The molecule has 1 saturated heterocycles. The molecule has 0 unspecified atom stereocenters. The fraction of sp³-hybridized carbons (Fsp3) is 0.263. The number of nitrogens with zero attached hydrogens (tertiary/aromatic N) is 2. The topological polar surface area (TPSA) is 45.2 Å². The molecular weight excluding hydrogens is 354 g/mol. The summed E-state index contributed by atoms with van der Waals surface area (Å²) in [6.45, 7) is 5.44. The highest BCUT2D eigenvalue weighted by Gasteiger charge is 2.34. The molecule has 6 heteroatoms. The fourth-order valence-corrected chi connectivity index (χ4v) is 4.17. The molecule has 0 atom stereocenters. The molecule has 0 aliphatic carbocycles. The van der Waals surface area contributed by atoms with Crippen LogP contribution < -0.4 is 10.2 Å². The summed E-state index contributed by atoms with van der Waals surface area (Å²) in [5.74, 6) is 0.0192. The van der Waals surface area contributed by atoms with Gasteiger partial charge in [0.1, 0.15) is 0 Å². The van der Waals surface area contributed by atoms with Gasteiger partial charge in [-0.05, 0) is 49.2 Å². The van der Waals surface area contributed by atoms with Crippen LogP contribution >= 0.6 is 22.9 Å². The molecule has 1 aliphatic heterocycles. The number of carbonyl (C=O) groups is 1. The van der Waals surface area contributed by atoms with Crippen molar-refractivity contribution in [2.45, 2.75) is 13.8 Å². The molecule has 0 saturated carbocycles. The van der Waals surface area contributed by atoms with Gasteiger partial charge in [0.2, 0.25) is 5.91 Å². The first kappa shape index (κ1) is 16.4. The molecule has 4 rings (SSSR count). The third-order valence-corrected chi connectivity index (χ3v) is 5.83. The van der Waals surface area contributed by atoms with Crippen LogP contribution in [-0.4, -0.2) is 24.0 Å². The monoisotopic (exact) mass is 371 g/mol. The Labute approximate surface area is 155 Å². The molecule has 2 aromatic carbocycles. The molecule has 1 aromatic heterocycles. The van der Waals surface area contributed by atoms with Gasteiger partial charge in [0, 0.05) is 23.8 Å². The van der Waals surface area contributed by atoms with Crippen LogP contribution in [0.3, 0.4) is 0 Å². The minimum absolute atomic E-state index is 0.0212. The number of carbonyl (C=O) groups excluding carboxylic acids is 1. The van der Waals surface area contributed by atoms with E-state index in [4.69, 9.17) is 11.6 Å². The molecule has 0 bridgehead atoms. The molecule has 1 aliphatic rings. The summed E-state index contributed by atoms with van der Waals surface area (Å²) in [6.07, 6.45) is 0. The molecule has 2 heterocycles. The zero-order valence-corrected chi connectivity index (χ0v) is 15.6. The van der Waals surface area contributed by atoms with Gasteiger partial charge in [-0.3, -0.25) is 4.79 Å². The predicted molar refractivity (Wildman–Crippen MR) is 105 cm³/mol. The Morgan fingerprint density at radius 1 is 1.24 bits per heavy atom. The van der Waals surface area contributed by atoms with Crippen molar-refractivity contribution in [3.63, 3.8) is 0 Å². The molecule has 0 spiro atoms. The second kappa shape index (κ2) is 6.32. The number of fused-ring (bicyclic) bond motifs is 1. The summed E-state index contributed by atoms with van der Waals surface area (Å²) in [6, 6.07) is 11.8. The smallest absolute Gasteiger partial charge is 0.231 e. The van der Waals surface area contributed by atoms with Crippen LogP contribution in [0.1, 0.15) is 11.1 Å². The van der Waals surface area contributed by atoms with E-state index in [0.29, 0.717) is 18.1 Å². The molecule has 3 aromatic rings. The summed E-state index contributed by atoms with van der Waals surface area (Å²) >= 11 is 7.70. The van der Waals surface area contributed by atoms with E-state index in [9.17, 15) is 4.79 Å². The predicted octanol–water partition coefficient (Wildman–Crippen LogP) is 4.64. The fourth-order valence-electron chi connectivity index (χ4n) is 2.92. The van der Waals surface area contributed by atoms with Crippen molar-refractivity contribution in [3.8, 4) is 0 Å². The van der Waals surface area contributed by atoms with E-state index >= 15 is 0 Å². The van der Waals surface area contributed by atoms with Crippen LogP contribution in [0.15, 0.2) is 36.4 Å². The molecule has 25 heavy (non-hydrogen) atoms. The lowest BCUT2D eigenvalue weighted by molar-refractivity contribution is -0.120. The van der Waals surface area contributed by atoms with Crippen LogP contribution in [0, 0.1) is 19.8 Å². The molecule has 0 radical (unpaired) electrons. The van der Waals surface area contributed by atoms with E-state index in [0.717, 1.165) is 21.9 Å². The van der Waals surface area contributed by atoms with E-state index < -0.39 is 0 Å². The molecular formula is C19H18ClN3OS. The Kier molecular flexibility index (Phi) is 4.13. The lowest BCUT2D eigenvalue weighted by Crippen LogP contribution is -2.52. The standard InChI is InChI=1S/C19H18ClN3OS/c1-11-3-6-15-17(7-11)25-19(22-15)23-9-13(10-23)18(24)21-16-8-14(20)5-4-12(16)2/h3-8,13H,9-10H2,1-2H3,(H,21,24). The third kappa shape index (κ3) is 3.22. The van der Waals surface area contributed by atoms with Crippen molar-refractivity contribution in [1.82, 2.24) is 4.98 Å². The Bertz CT molecular complexity index is 962. The van der Waals surface area contributed by atoms with Crippen molar-refractivity contribution < 1.29 is 4.79 Å². The second-order valence-corrected chi connectivity index (χ2v) is 7.96. The Balaban J connectivity index is 1.42. The number of aromatic nitrogens is 1. The highest BCUT2D eigenvalue weighted by atomic mass is 35.5. The summed E-state index contributed by atoms with van der Waals surface area (Å²) in [5, 5.41) is 4.61. The highest BCUT2D eigenvalue weighted by molar-refractivity contribution is 7.22. The maximum Gasteiger partial charge on any atom is 0.231 e. The molecule has 1 amide bonds. The molecule has 1 N–H and O–H groups in total. The first-order valence-electron chi connectivity index (χ1n) is 8.19. The quantitative estimate of drug-likeness (QED) is 0.729. The number of rotatable bonds is 3. The number of hydrogen-bond acceptors (Lipinski definition) is 4. The number of anilines is 2. The van der Waals surface area contributed by atoms with Crippen molar-refractivity contribution in [2.75, 3.05) is 23.3 Å². The number of amides is 1. The summed E-state index contributed by atoms with van der Waals surface area (Å²) in [5.41, 5.74) is 4.05. The second-order valence-electron chi connectivity index (χ2n) is 6.52. The summed E-state index contributed by atoms with van der Waals surface area (Å²) < 4.78 is 1.19. The average molecular weight is 372 g/mol. The zero-order chi connectivity index (χ0) is 17.6. The number of thiazole rings is 1. The zero-order valence-electron chi connectivity index (χ0n) is 14.0. The van der Waals surface area contributed by atoms with Gasteiger partial charge >= 0.3 is 0 Å². The number of aryl methyl sites for hydroxylation is 2. The van der Waals surface area contributed by atoms with Gasteiger partial charge in [-0.2, -0.15) is 0 Å². The average Bonchev–Trinajstić information content (AvgIpc) is 2.92. The summed E-state index contributed by atoms with van der Waals surface area (Å²) in [4.78, 5) is 19.3. The number of hydrogen-bond donors (Lipinski definition) is 1. The SMILES string of the molecule is Cc1ccc2nc(N3CC(C(=O)Nc4cc(Cl)ccc4C)C3)sc2c1. The number of nitrogens with one attached hydrogen (secondary N) is 1. The van der Waals surface area contributed by atoms with E-state index in [1.807, 2.05) is 19.1 Å². The van der Waals surface area contributed by atoms with Gasteiger partial charge in [-0.15, -0.1) is 0 Å². The van der Waals surface area contributed by atoms with Crippen LogP contribution in [0.2, 0.25) is 5.02 Å². The van der Waals surface area contributed by atoms with Gasteiger partial charge in [0.05, 0.1) is 16.1 Å². The van der Waals surface area contributed by atoms with Gasteiger partial charge in [-0.1, -0.05) is 35.1 Å². The first-order chi connectivity index (χ1) is 12.0. The van der Waals surface area contributed by atoms with Crippen LogP contribution in [0.4, 0.5) is 10.8 Å². The molecule has 128 valence electrons. The Morgan fingerprint density at radius 2 is 2.04 bits per heavy atom. The largest absolute Gasteiger partial charge is 0.346 e. The minimum atomic E-state index is -0.0212. The highest BCUT2D eigenvalue weighted by Crippen LogP contribution is 2.33. The lowest BCUT2D eigenvalue weighted by atomic mass is 9.99. The first-order valence-corrected chi connectivity index (χ1v) is 9.38. The third-order valence-electron chi connectivity index (χ3n) is 4.51. The number of halogens is 1. The van der Waals surface area contributed by atoms with Gasteiger partial charge in [0.25, 0.3) is 0 Å². The maximum absolute atomic E-state index is 12.5. The van der Waals surface area contributed by atoms with Crippen molar-refractivity contribution in [1.29, 1.82) is 0 Å². The lowest BCUT2D eigenvalue weighted by Gasteiger charge is -2.38.